The van der Waals surface area contributed by atoms with E-state index < -0.39 is 4.92 Å². The number of benzene rings is 1. The summed E-state index contributed by atoms with van der Waals surface area (Å²) in [6.45, 7) is 2.00. The van der Waals surface area contributed by atoms with Crippen LogP contribution < -0.4 is 5.73 Å². The molecule has 23 heavy (non-hydrogen) atoms. The standard InChI is InChI=1S/C16H14N4O2S/c1-10-2-7-15-18-16(13(8-14(17)23)19(15)9-10)11-3-5-12(6-4-11)20(21)22/h2-7,9H,8H2,1H3,(H2,17,23). The average molecular weight is 326 g/mol. The molecule has 0 saturated carbocycles. The van der Waals surface area contributed by atoms with Gasteiger partial charge in [-0.1, -0.05) is 18.3 Å². The summed E-state index contributed by atoms with van der Waals surface area (Å²) in [6, 6.07) is 10.2. The average Bonchev–Trinajstić information content (AvgIpc) is 2.85. The molecule has 2 heterocycles. The minimum atomic E-state index is -0.424. The summed E-state index contributed by atoms with van der Waals surface area (Å²) >= 11 is 5.05. The Morgan fingerprint density at radius 2 is 2.00 bits per heavy atom. The quantitative estimate of drug-likeness (QED) is 0.452. The Hall–Kier alpha value is -2.80. The fourth-order valence-electron chi connectivity index (χ4n) is 2.51. The van der Waals surface area contributed by atoms with E-state index in [0.717, 1.165) is 28.2 Å². The molecular formula is C16H14N4O2S. The van der Waals surface area contributed by atoms with Gasteiger partial charge in [-0.05, 0) is 30.7 Å². The molecule has 116 valence electrons. The molecule has 2 N–H and O–H groups in total. The molecular weight excluding hydrogens is 312 g/mol. The molecule has 0 bridgehead atoms. The number of hydrogen-bond acceptors (Lipinski definition) is 4. The first-order valence-electron chi connectivity index (χ1n) is 6.96. The van der Waals surface area contributed by atoms with Crippen LogP contribution in [0.2, 0.25) is 0 Å². The van der Waals surface area contributed by atoms with Crippen LogP contribution in [0, 0.1) is 17.0 Å². The van der Waals surface area contributed by atoms with Crippen LogP contribution in [0.4, 0.5) is 5.69 Å². The molecule has 2 aromatic heterocycles. The number of non-ortho nitro benzene ring substituents is 1. The summed E-state index contributed by atoms with van der Waals surface area (Å²) in [5, 5.41) is 10.8. The highest BCUT2D eigenvalue weighted by Crippen LogP contribution is 2.27. The number of nitro benzene ring substituents is 1. The summed E-state index contributed by atoms with van der Waals surface area (Å²) in [6.07, 6.45) is 2.39. The normalized spacial score (nSPS) is 10.8. The van der Waals surface area contributed by atoms with Crippen molar-refractivity contribution in [2.24, 2.45) is 5.73 Å². The van der Waals surface area contributed by atoms with Gasteiger partial charge in [0.15, 0.2) is 0 Å². The van der Waals surface area contributed by atoms with Gasteiger partial charge in [0.05, 0.1) is 21.3 Å². The first kappa shape index (κ1) is 15.1. The van der Waals surface area contributed by atoms with E-state index in [2.05, 4.69) is 4.98 Å². The number of nitrogens with two attached hydrogens (primary N) is 1. The molecule has 0 radical (unpaired) electrons. The van der Waals surface area contributed by atoms with Crippen LogP contribution in [0.15, 0.2) is 42.6 Å². The molecule has 0 amide bonds. The predicted octanol–water partition coefficient (Wildman–Crippen LogP) is 3.05. The monoisotopic (exact) mass is 326 g/mol. The highest BCUT2D eigenvalue weighted by molar-refractivity contribution is 7.80. The number of thiocarbonyl (C=S) groups is 1. The van der Waals surface area contributed by atoms with Crippen LogP contribution in [-0.2, 0) is 6.42 Å². The van der Waals surface area contributed by atoms with E-state index in [9.17, 15) is 10.1 Å². The second-order valence-electron chi connectivity index (χ2n) is 5.29. The summed E-state index contributed by atoms with van der Waals surface area (Å²) in [5.74, 6) is 0. The Kier molecular flexibility index (Phi) is 3.79. The molecule has 7 heteroatoms. The minimum absolute atomic E-state index is 0.0456. The maximum atomic E-state index is 10.8. The van der Waals surface area contributed by atoms with E-state index >= 15 is 0 Å². The SMILES string of the molecule is Cc1ccc2nc(-c3ccc([N+](=O)[O-])cc3)c(CC(N)=S)n2c1. The largest absolute Gasteiger partial charge is 0.393 e. The number of nitro groups is 1. The van der Waals surface area contributed by atoms with Crippen LogP contribution >= 0.6 is 12.2 Å². The molecule has 0 spiro atoms. The van der Waals surface area contributed by atoms with Crippen molar-refractivity contribution in [3.63, 3.8) is 0 Å². The number of pyridine rings is 1. The van der Waals surface area contributed by atoms with Crippen molar-refractivity contribution in [2.45, 2.75) is 13.3 Å². The number of fused-ring (bicyclic) bond motifs is 1. The van der Waals surface area contributed by atoms with E-state index in [-0.39, 0.29) is 5.69 Å². The zero-order valence-electron chi connectivity index (χ0n) is 12.4. The molecule has 0 aliphatic rings. The minimum Gasteiger partial charge on any atom is -0.393 e. The second kappa shape index (κ2) is 5.77. The van der Waals surface area contributed by atoms with Crippen LogP contribution in [0.25, 0.3) is 16.9 Å². The molecule has 0 unspecified atom stereocenters. The molecule has 0 aliphatic carbocycles. The predicted molar refractivity (Wildman–Crippen MR) is 92.5 cm³/mol. The molecule has 1 aromatic carbocycles. The Bertz CT molecular complexity index is 916. The van der Waals surface area contributed by atoms with E-state index in [1.807, 2.05) is 29.7 Å². The van der Waals surface area contributed by atoms with Gasteiger partial charge in [0, 0.05) is 30.3 Å². The Morgan fingerprint density at radius 1 is 1.30 bits per heavy atom. The molecule has 0 atom stereocenters. The summed E-state index contributed by atoms with van der Waals surface area (Å²) in [7, 11) is 0. The summed E-state index contributed by atoms with van der Waals surface area (Å²) < 4.78 is 1.96. The zero-order chi connectivity index (χ0) is 16.6. The van der Waals surface area contributed by atoms with Crippen molar-refractivity contribution >= 4 is 28.5 Å². The van der Waals surface area contributed by atoms with E-state index in [1.165, 1.54) is 12.1 Å². The van der Waals surface area contributed by atoms with Gasteiger partial charge in [-0.2, -0.15) is 0 Å². The second-order valence-corrected chi connectivity index (χ2v) is 5.81. The van der Waals surface area contributed by atoms with E-state index in [0.29, 0.717) is 11.4 Å². The molecule has 3 rings (SSSR count). The lowest BCUT2D eigenvalue weighted by atomic mass is 10.1. The Balaban J connectivity index is 2.19. The molecule has 0 aliphatic heterocycles. The van der Waals surface area contributed by atoms with Crippen molar-refractivity contribution in [3.05, 3.63) is 64.0 Å². The van der Waals surface area contributed by atoms with E-state index in [4.69, 9.17) is 18.0 Å². The van der Waals surface area contributed by atoms with Crippen molar-refractivity contribution in [1.29, 1.82) is 0 Å². The molecule has 6 nitrogen and oxygen atoms in total. The maximum absolute atomic E-state index is 10.8. The molecule has 3 aromatic rings. The maximum Gasteiger partial charge on any atom is 0.269 e. The third-order valence-corrected chi connectivity index (χ3v) is 3.70. The topological polar surface area (TPSA) is 86.5 Å². The summed E-state index contributed by atoms with van der Waals surface area (Å²) in [4.78, 5) is 15.4. The number of aromatic nitrogens is 2. The smallest absolute Gasteiger partial charge is 0.269 e. The zero-order valence-corrected chi connectivity index (χ0v) is 13.2. The first-order valence-corrected chi connectivity index (χ1v) is 7.37. The molecule has 0 fully saturated rings. The third kappa shape index (κ3) is 2.91. The van der Waals surface area contributed by atoms with Gasteiger partial charge in [-0.15, -0.1) is 0 Å². The van der Waals surface area contributed by atoms with Gasteiger partial charge in [-0.3, -0.25) is 10.1 Å². The van der Waals surface area contributed by atoms with Gasteiger partial charge in [0.2, 0.25) is 0 Å². The Morgan fingerprint density at radius 3 is 2.61 bits per heavy atom. The van der Waals surface area contributed by atoms with Gasteiger partial charge in [0.25, 0.3) is 5.69 Å². The van der Waals surface area contributed by atoms with Crippen LogP contribution in [0.3, 0.4) is 0 Å². The number of imidazole rings is 1. The van der Waals surface area contributed by atoms with Gasteiger partial charge in [-0.25, -0.2) is 4.98 Å². The first-order chi connectivity index (χ1) is 11.0. The number of nitrogens with zero attached hydrogens (tertiary/aromatic N) is 3. The number of hydrogen-bond donors (Lipinski definition) is 1. The number of rotatable bonds is 4. The van der Waals surface area contributed by atoms with Crippen molar-refractivity contribution in [3.8, 4) is 11.3 Å². The van der Waals surface area contributed by atoms with Crippen molar-refractivity contribution < 1.29 is 4.92 Å². The van der Waals surface area contributed by atoms with E-state index in [1.54, 1.807) is 12.1 Å². The summed E-state index contributed by atoms with van der Waals surface area (Å²) in [5.41, 5.74) is 10.1. The van der Waals surface area contributed by atoms with Gasteiger partial charge in [0.1, 0.15) is 5.65 Å². The van der Waals surface area contributed by atoms with Crippen molar-refractivity contribution in [2.75, 3.05) is 0 Å². The Labute approximate surface area is 137 Å². The van der Waals surface area contributed by atoms with Crippen molar-refractivity contribution in [1.82, 2.24) is 9.38 Å². The van der Waals surface area contributed by atoms with Gasteiger partial charge >= 0.3 is 0 Å². The third-order valence-electron chi connectivity index (χ3n) is 3.56. The highest BCUT2D eigenvalue weighted by Gasteiger charge is 2.16. The van der Waals surface area contributed by atoms with Gasteiger partial charge < -0.3 is 10.1 Å². The van der Waals surface area contributed by atoms with Crippen LogP contribution in [0.1, 0.15) is 11.3 Å². The highest BCUT2D eigenvalue weighted by atomic mass is 32.1. The van der Waals surface area contributed by atoms with Crippen LogP contribution in [0.5, 0.6) is 0 Å². The fraction of sp³-hybridized carbons (Fsp3) is 0.125. The lowest BCUT2D eigenvalue weighted by molar-refractivity contribution is -0.384. The number of aryl methyl sites for hydroxylation is 1. The van der Waals surface area contributed by atoms with Crippen LogP contribution in [-0.4, -0.2) is 19.3 Å². The lowest BCUT2D eigenvalue weighted by Gasteiger charge is -2.05. The lowest BCUT2D eigenvalue weighted by Crippen LogP contribution is -2.13. The fourth-order valence-corrected chi connectivity index (χ4v) is 2.64. The molecule has 0 saturated heterocycles.